The first-order valence-corrected chi connectivity index (χ1v) is 10.0. The molecule has 0 unspecified atom stereocenters. The lowest BCUT2D eigenvalue weighted by Gasteiger charge is -2.17. The summed E-state index contributed by atoms with van der Waals surface area (Å²) < 4.78 is 7.69. The number of aromatic nitrogens is 3. The topological polar surface area (TPSA) is 60.2 Å². The molecule has 1 aromatic carbocycles. The molecule has 6 heteroatoms. The number of benzene rings is 1. The van der Waals surface area contributed by atoms with Crippen LogP contribution in [0.3, 0.4) is 0 Å². The first-order valence-electron chi connectivity index (χ1n) is 10.0. The van der Waals surface area contributed by atoms with Crippen molar-refractivity contribution in [2.45, 2.75) is 39.2 Å². The van der Waals surface area contributed by atoms with E-state index in [1.54, 1.807) is 0 Å². The van der Waals surface area contributed by atoms with Crippen molar-refractivity contribution in [2.75, 3.05) is 19.7 Å². The lowest BCUT2D eigenvalue weighted by Crippen LogP contribution is -2.28. The van der Waals surface area contributed by atoms with Gasteiger partial charge in [0, 0.05) is 37.3 Å². The molecule has 4 rings (SSSR count). The van der Waals surface area contributed by atoms with Gasteiger partial charge in [0.2, 0.25) is 0 Å². The maximum absolute atomic E-state index is 12.9. The highest BCUT2D eigenvalue weighted by atomic mass is 16.5. The van der Waals surface area contributed by atoms with Gasteiger partial charge in [-0.25, -0.2) is 9.97 Å². The Bertz CT molecular complexity index is 964. The summed E-state index contributed by atoms with van der Waals surface area (Å²) in [7, 11) is 0. The second-order valence-electron chi connectivity index (χ2n) is 7.16. The van der Waals surface area contributed by atoms with Crippen LogP contribution < -0.4 is 4.74 Å². The Morgan fingerprint density at radius 1 is 1.21 bits per heavy atom. The quantitative estimate of drug-likeness (QED) is 0.653. The second-order valence-corrected chi connectivity index (χ2v) is 7.16. The van der Waals surface area contributed by atoms with Crippen LogP contribution in [0, 0.1) is 0 Å². The third-order valence-corrected chi connectivity index (χ3v) is 5.23. The Morgan fingerprint density at radius 3 is 2.79 bits per heavy atom. The van der Waals surface area contributed by atoms with Crippen molar-refractivity contribution in [3.63, 3.8) is 0 Å². The molecule has 1 aliphatic heterocycles. The number of likely N-dealkylation sites (tertiary alicyclic amines) is 1. The molecule has 6 nitrogen and oxygen atoms in total. The molecule has 0 N–H and O–H groups in total. The number of carbonyl (C=O) groups excluding carboxylic acids is 1. The van der Waals surface area contributed by atoms with E-state index in [0.717, 1.165) is 48.7 Å². The van der Waals surface area contributed by atoms with Crippen molar-refractivity contribution >= 4 is 17.1 Å². The highest BCUT2D eigenvalue weighted by Crippen LogP contribution is 2.30. The lowest BCUT2D eigenvalue weighted by molar-refractivity contribution is 0.0790. The predicted molar refractivity (Wildman–Crippen MR) is 109 cm³/mol. The Hall–Kier alpha value is -2.89. The van der Waals surface area contributed by atoms with E-state index in [2.05, 4.69) is 16.5 Å². The Morgan fingerprint density at radius 2 is 2.04 bits per heavy atom. The highest BCUT2D eigenvalue weighted by Gasteiger charge is 2.31. The van der Waals surface area contributed by atoms with Gasteiger partial charge in [-0.05, 0) is 56.2 Å². The zero-order chi connectivity index (χ0) is 19.5. The minimum Gasteiger partial charge on any atom is -0.494 e. The number of ether oxygens (including phenoxy) is 1. The van der Waals surface area contributed by atoms with Gasteiger partial charge in [-0.2, -0.15) is 0 Å². The summed E-state index contributed by atoms with van der Waals surface area (Å²) in [6, 6.07) is 11.3. The fraction of sp³-hybridized carbons (Fsp3) is 0.409. The number of aryl methyl sites for hydroxylation is 1. The summed E-state index contributed by atoms with van der Waals surface area (Å²) in [6.07, 6.45) is 3.77. The molecule has 1 fully saturated rings. The molecule has 1 aliphatic rings. The average Bonchev–Trinajstić information content (AvgIpc) is 3.34. The van der Waals surface area contributed by atoms with Gasteiger partial charge in [0.05, 0.1) is 6.61 Å². The Labute approximate surface area is 165 Å². The Balaban J connectivity index is 1.53. The van der Waals surface area contributed by atoms with E-state index < -0.39 is 0 Å². The third-order valence-electron chi connectivity index (χ3n) is 5.23. The van der Waals surface area contributed by atoms with E-state index in [9.17, 15) is 4.79 Å². The summed E-state index contributed by atoms with van der Waals surface area (Å²) in [5.41, 5.74) is 2.57. The van der Waals surface area contributed by atoms with Crippen molar-refractivity contribution in [1.82, 2.24) is 19.4 Å². The number of nitrogens with zero attached hydrogens (tertiary/aromatic N) is 4. The minimum atomic E-state index is 0.0711. The lowest BCUT2D eigenvalue weighted by atomic mass is 10.1. The summed E-state index contributed by atoms with van der Waals surface area (Å²) in [5.74, 6) is 2.16. The van der Waals surface area contributed by atoms with Crippen molar-refractivity contribution in [1.29, 1.82) is 0 Å². The normalized spacial score (nSPS) is 16.6. The summed E-state index contributed by atoms with van der Waals surface area (Å²) in [6.45, 7) is 7.07. The molecule has 2 aromatic heterocycles. The standard InChI is InChI=1S/C22H26N4O2/c1-3-13-26-20(24-19-6-5-12-23-21(19)26)17-11-14-25(15-17)22(27)16-7-9-18(10-8-16)28-4-2/h5-10,12,17H,3-4,11,13-15H2,1-2H3/t17-/m1/s1. The van der Waals surface area contributed by atoms with Crippen LogP contribution in [-0.4, -0.2) is 45.0 Å². The van der Waals surface area contributed by atoms with E-state index >= 15 is 0 Å². The van der Waals surface area contributed by atoms with Crippen molar-refractivity contribution in [3.8, 4) is 5.75 Å². The smallest absolute Gasteiger partial charge is 0.253 e. The largest absolute Gasteiger partial charge is 0.494 e. The van der Waals surface area contributed by atoms with Crippen LogP contribution in [0.15, 0.2) is 42.6 Å². The number of pyridine rings is 1. The van der Waals surface area contributed by atoms with E-state index in [0.29, 0.717) is 18.7 Å². The van der Waals surface area contributed by atoms with Crippen LogP contribution in [0.2, 0.25) is 0 Å². The highest BCUT2D eigenvalue weighted by molar-refractivity contribution is 5.94. The van der Waals surface area contributed by atoms with Gasteiger partial charge >= 0.3 is 0 Å². The molecule has 3 aromatic rings. The first kappa shape index (κ1) is 18.5. The molecule has 1 atom stereocenters. The molecule has 146 valence electrons. The second kappa shape index (κ2) is 8.00. The number of fused-ring (bicyclic) bond motifs is 1. The Kier molecular flexibility index (Phi) is 5.28. The molecule has 1 amide bonds. The number of hydrogen-bond donors (Lipinski definition) is 0. The molecule has 3 heterocycles. The van der Waals surface area contributed by atoms with Crippen LogP contribution in [0.1, 0.15) is 48.8 Å². The molecule has 28 heavy (non-hydrogen) atoms. The molecule has 1 saturated heterocycles. The van der Waals surface area contributed by atoms with Crippen LogP contribution in [0.5, 0.6) is 5.75 Å². The molecule has 0 bridgehead atoms. The van der Waals surface area contributed by atoms with E-state index in [1.807, 2.05) is 54.4 Å². The summed E-state index contributed by atoms with van der Waals surface area (Å²) in [5, 5.41) is 0. The molecule has 0 aliphatic carbocycles. The zero-order valence-electron chi connectivity index (χ0n) is 16.5. The molecular formula is C22H26N4O2. The number of rotatable bonds is 6. The number of amides is 1. The van der Waals surface area contributed by atoms with Gasteiger partial charge < -0.3 is 14.2 Å². The summed E-state index contributed by atoms with van der Waals surface area (Å²) in [4.78, 5) is 24.2. The minimum absolute atomic E-state index is 0.0711. The van der Waals surface area contributed by atoms with Gasteiger partial charge in [-0.1, -0.05) is 6.92 Å². The number of imidazole rings is 1. The first-order chi connectivity index (χ1) is 13.7. The average molecular weight is 378 g/mol. The summed E-state index contributed by atoms with van der Waals surface area (Å²) >= 11 is 0. The van der Waals surface area contributed by atoms with Crippen LogP contribution >= 0.6 is 0 Å². The third kappa shape index (κ3) is 3.46. The number of carbonyl (C=O) groups is 1. The van der Waals surface area contributed by atoms with E-state index in [-0.39, 0.29) is 11.8 Å². The van der Waals surface area contributed by atoms with E-state index in [4.69, 9.17) is 9.72 Å². The van der Waals surface area contributed by atoms with Crippen molar-refractivity contribution in [2.24, 2.45) is 0 Å². The van der Waals surface area contributed by atoms with Gasteiger partial charge in [-0.3, -0.25) is 4.79 Å². The maximum Gasteiger partial charge on any atom is 0.253 e. The van der Waals surface area contributed by atoms with Crippen LogP contribution in [0.4, 0.5) is 0 Å². The SMILES string of the molecule is CCCn1c([C@@H]2CCN(C(=O)c3ccc(OCC)cc3)C2)nc2cccnc21. The molecule has 0 radical (unpaired) electrons. The van der Waals surface area contributed by atoms with Gasteiger partial charge in [-0.15, -0.1) is 0 Å². The van der Waals surface area contributed by atoms with Crippen molar-refractivity contribution in [3.05, 3.63) is 54.0 Å². The van der Waals surface area contributed by atoms with Crippen molar-refractivity contribution < 1.29 is 9.53 Å². The van der Waals surface area contributed by atoms with Gasteiger partial charge in [0.25, 0.3) is 5.91 Å². The van der Waals surface area contributed by atoms with Crippen LogP contribution in [-0.2, 0) is 6.54 Å². The van der Waals surface area contributed by atoms with Gasteiger partial charge in [0.15, 0.2) is 5.65 Å². The predicted octanol–water partition coefficient (Wildman–Crippen LogP) is 3.87. The zero-order valence-corrected chi connectivity index (χ0v) is 16.5. The number of hydrogen-bond acceptors (Lipinski definition) is 4. The maximum atomic E-state index is 12.9. The van der Waals surface area contributed by atoms with Crippen LogP contribution in [0.25, 0.3) is 11.2 Å². The van der Waals surface area contributed by atoms with E-state index in [1.165, 1.54) is 0 Å². The fourth-order valence-electron chi connectivity index (χ4n) is 3.93. The molecule has 0 spiro atoms. The molecular weight excluding hydrogens is 352 g/mol. The fourth-order valence-corrected chi connectivity index (χ4v) is 3.93. The van der Waals surface area contributed by atoms with Gasteiger partial charge in [0.1, 0.15) is 17.1 Å². The molecule has 0 saturated carbocycles. The monoisotopic (exact) mass is 378 g/mol.